The van der Waals surface area contributed by atoms with Crippen LogP contribution in [-0.4, -0.2) is 66.8 Å². The molecule has 0 saturated carbocycles. The van der Waals surface area contributed by atoms with Crippen molar-refractivity contribution in [2.45, 2.75) is 51.5 Å². The Hall–Kier alpha value is -2.67. The van der Waals surface area contributed by atoms with Crippen molar-refractivity contribution in [1.82, 2.24) is 20.4 Å². The van der Waals surface area contributed by atoms with Gasteiger partial charge in [0.15, 0.2) is 11.6 Å². The molecule has 0 radical (unpaired) electrons. The number of nitrogens with one attached hydrogen (secondary N) is 1. The summed E-state index contributed by atoms with van der Waals surface area (Å²) in [5, 5.41) is 12.2. The second kappa shape index (κ2) is 11.2. The monoisotopic (exact) mass is 462 g/mol. The van der Waals surface area contributed by atoms with E-state index >= 15 is 0 Å². The van der Waals surface area contributed by atoms with Crippen molar-refractivity contribution in [3.8, 4) is 0 Å². The predicted octanol–water partition coefficient (Wildman–Crippen LogP) is 3.25. The number of fused-ring (bicyclic) bond motifs is 1. The van der Waals surface area contributed by atoms with E-state index in [1.807, 2.05) is 0 Å². The van der Waals surface area contributed by atoms with Gasteiger partial charge in [0.25, 0.3) is 0 Å². The Balaban J connectivity index is 1.00. The van der Waals surface area contributed by atoms with Crippen LogP contribution in [-0.2, 0) is 17.8 Å². The van der Waals surface area contributed by atoms with E-state index in [4.69, 9.17) is 0 Å². The van der Waals surface area contributed by atoms with Gasteiger partial charge >= 0.3 is 0 Å². The van der Waals surface area contributed by atoms with Crippen molar-refractivity contribution >= 4 is 17.5 Å². The van der Waals surface area contributed by atoms with E-state index in [0.29, 0.717) is 0 Å². The number of nitrogens with zero attached hydrogens (tertiary/aromatic N) is 5. The maximum Gasteiger partial charge on any atom is 0.223 e. The summed E-state index contributed by atoms with van der Waals surface area (Å²) in [6.45, 7) is 7.85. The summed E-state index contributed by atoms with van der Waals surface area (Å²) in [5.41, 5.74) is 2.94. The molecular weight excluding hydrogens is 424 g/mol. The fraction of sp³-hybridized carbons (Fsp3) is 0.593. The lowest BCUT2D eigenvalue weighted by molar-refractivity contribution is -0.125. The number of piperidine rings is 2. The van der Waals surface area contributed by atoms with Gasteiger partial charge in [-0.3, -0.25) is 9.69 Å². The van der Waals surface area contributed by atoms with Crippen molar-refractivity contribution in [3.05, 3.63) is 47.5 Å². The van der Waals surface area contributed by atoms with Gasteiger partial charge in [-0.2, -0.15) is 0 Å². The molecule has 7 nitrogen and oxygen atoms in total. The van der Waals surface area contributed by atoms with Crippen LogP contribution in [0.4, 0.5) is 11.6 Å². The van der Waals surface area contributed by atoms with E-state index < -0.39 is 0 Å². The summed E-state index contributed by atoms with van der Waals surface area (Å²) in [6, 6.07) is 12.9. The molecule has 0 aliphatic carbocycles. The zero-order valence-corrected chi connectivity index (χ0v) is 20.3. The number of anilines is 2. The maximum absolute atomic E-state index is 12.7. The third-order valence-corrected chi connectivity index (χ3v) is 7.67. The van der Waals surface area contributed by atoms with E-state index in [1.54, 1.807) is 0 Å². The Bertz CT molecular complexity index is 934. The Morgan fingerprint density at radius 2 is 1.53 bits per heavy atom. The van der Waals surface area contributed by atoms with Crippen LogP contribution in [0.3, 0.4) is 0 Å². The molecular formula is C27H38N6O. The van der Waals surface area contributed by atoms with Gasteiger partial charge < -0.3 is 15.1 Å². The second-order valence-electron chi connectivity index (χ2n) is 10.00. The predicted molar refractivity (Wildman–Crippen MR) is 136 cm³/mol. The van der Waals surface area contributed by atoms with Crippen molar-refractivity contribution in [1.29, 1.82) is 0 Å². The van der Waals surface area contributed by atoms with Crippen molar-refractivity contribution in [2.24, 2.45) is 5.92 Å². The van der Waals surface area contributed by atoms with Crippen molar-refractivity contribution in [2.75, 3.05) is 55.6 Å². The van der Waals surface area contributed by atoms with E-state index in [1.165, 1.54) is 30.4 Å². The summed E-state index contributed by atoms with van der Waals surface area (Å²) in [4.78, 5) is 19.8. The molecule has 7 heteroatoms. The van der Waals surface area contributed by atoms with E-state index in [9.17, 15) is 4.79 Å². The molecule has 2 fully saturated rings. The number of benzene rings is 1. The number of aromatic nitrogens is 2. The summed E-state index contributed by atoms with van der Waals surface area (Å²) in [7, 11) is 0. The quantitative estimate of drug-likeness (QED) is 0.638. The highest BCUT2D eigenvalue weighted by atomic mass is 16.1. The fourth-order valence-corrected chi connectivity index (χ4v) is 5.55. The minimum Gasteiger partial charge on any atom is -0.356 e. The zero-order chi connectivity index (χ0) is 23.2. The highest BCUT2D eigenvalue weighted by Gasteiger charge is 2.26. The van der Waals surface area contributed by atoms with E-state index in [-0.39, 0.29) is 11.8 Å². The average molecular weight is 463 g/mol. The van der Waals surface area contributed by atoms with E-state index in [2.05, 4.69) is 66.6 Å². The second-order valence-corrected chi connectivity index (χ2v) is 10.00. The van der Waals surface area contributed by atoms with Crippen LogP contribution >= 0.6 is 0 Å². The molecule has 2 saturated heterocycles. The van der Waals surface area contributed by atoms with Gasteiger partial charge in [0, 0.05) is 58.3 Å². The molecule has 3 aliphatic rings. The summed E-state index contributed by atoms with van der Waals surface area (Å²) in [6.07, 6.45) is 7.70. The lowest BCUT2D eigenvalue weighted by atomic mass is 9.96. The van der Waals surface area contributed by atoms with Crippen molar-refractivity contribution < 1.29 is 4.79 Å². The molecule has 2 aromatic rings. The number of rotatable bonds is 7. The Morgan fingerprint density at radius 3 is 2.24 bits per heavy atom. The number of carbonyl (C=O) groups excluding carboxylic acids is 1. The highest BCUT2D eigenvalue weighted by molar-refractivity contribution is 5.78. The van der Waals surface area contributed by atoms with Crippen LogP contribution in [0.2, 0.25) is 0 Å². The van der Waals surface area contributed by atoms with Gasteiger partial charge in [-0.05, 0) is 68.2 Å². The van der Waals surface area contributed by atoms with Gasteiger partial charge in [-0.1, -0.05) is 24.3 Å². The summed E-state index contributed by atoms with van der Waals surface area (Å²) in [5.74, 6) is 2.25. The maximum atomic E-state index is 12.7. The molecule has 1 N–H and O–H groups in total. The van der Waals surface area contributed by atoms with Crippen LogP contribution in [0.25, 0.3) is 0 Å². The molecule has 0 bridgehead atoms. The average Bonchev–Trinajstić information content (AvgIpc) is 2.91. The first-order valence-corrected chi connectivity index (χ1v) is 13.2. The van der Waals surface area contributed by atoms with Crippen LogP contribution in [0.15, 0.2) is 36.4 Å². The Morgan fingerprint density at radius 1 is 0.853 bits per heavy atom. The molecule has 4 heterocycles. The van der Waals surface area contributed by atoms with Gasteiger partial charge in [-0.15, -0.1) is 10.2 Å². The largest absolute Gasteiger partial charge is 0.356 e. The molecule has 1 amide bonds. The van der Waals surface area contributed by atoms with Gasteiger partial charge in [0.05, 0.1) is 0 Å². The molecule has 182 valence electrons. The zero-order valence-electron chi connectivity index (χ0n) is 20.3. The third kappa shape index (κ3) is 5.69. The topological polar surface area (TPSA) is 64.6 Å². The molecule has 0 spiro atoms. The highest BCUT2D eigenvalue weighted by Crippen LogP contribution is 2.24. The smallest absolute Gasteiger partial charge is 0.223 e. The van der Waals surface area contributed by atoms with Crippen LogP contribution in [0, 0.1) is 5.92 Å². The molecule has 3 aliphatic heterocycles. The molecule has 0 atom stereocenters. The van der Waals surface area contributed by atoms with Crippen LogP contribution in [0.1, 0.15) is 49.7 Å². The standard InChI is InChI=1S/C27H38N6O/c34-27(28-14-6-15-31-18-11-22-7-2-3-8-24(22)21-31)23-12-19-33(20-13-23)26-10-9-25(29-30-26)32-16-4-1-5-17-32/h2-3,7-10,23H,1,4-6,11-21H2,(H,28,34). The lowest BCUT2D eigenvalue weighted by Crippen LogP contribution is -2.41. The summed E-state index contributed by atoms with van der Waals surface area (Å²) < 4.78 is 0. The van der Waals surface area contributed by atoms with Crippen LogP contribution < -0.4 is 15.1 Å². The van der Waals surface area contributed by atoms with Gasteiger partial charge in [-0.25, -0.2) is 0 Å². The van der Waals surface area contributed by atoms with Crippen LogP contribution in [0.5, 0.6) is 0 Å². The first-order chi connectivity index (χ1) is 16.8. The number of carbonyl (C=O) groups is 1. The molecule has 0 unspecified atom stereocenters. The molecule has 34 heavy (non-hydrogen) atoms. The normalized spacial score (nSPS) is 19.6. The number of amides is 1. The fourth-order valence-electron chi connectivity index (χ4n) is 5.55. The SMILES string of the molecule is O=C(NCCCN1CCc2ccccc2C1)C1CCN(c2ccc(N3CCCCC3)nn2)CC1. The minimum atomic E-state index is 0.110. The Kier molecular flexibility index (Phi) is 7.59. The number of hydrogen-bond acceptors (Lipinski definition) is 6. The van der Waals surface area contributed by atoms with Gasteiger partial charge in [0.1, 0.15) is 0 Å². The lowest BCUT2D eigenvalue weighted by Gasteiger charge is -2.32. The molecule has 5 rings (SSSR count). The third-order valence-electron chi connectivity index (χ3n) is 7.67. The van der Waals surface area contributed by atoms with Crippen molar-refractivity contribution in [3.63, 3.8) is 0 Å². The first-order valence-electron chi connectivity index (χ1n) is 13.2. The van der Waals surface area contributed by atoms with Gasteiger partial charge in [0.2, 0.25) is 5.91 Å². The summed E-state index contributed by atoms with van der Waals surface area (Å²) >= 11 is 0. The number of hydrogen-bond donors (Lipinski definition) is 1. The minimum absolute atomic E-state index is 0.110. The molecule has 1 aromatic carbocycles. The first kappa shape index (κ1) is 23.1. The molecule has 1 aromatic heterocycles. The Labute approximate surface area is 203 Å². The van der Waals surface area contributed by atoms with E-state index in [0.717, 1.165) is 89.7 Å².